The van der Waals surface area contributed by atoms with Crippen molar-refractivity contribution in [3.05, 3.63) is 17.0 Å². The van der Waals surface area contributed by atoms with Crippen molar-refractivity contribution in [2.75, 3.05) is 7.05 Å². The molecule has 4 nitrogen and oxygen atoms in total. The van der Waals surface area contributed by atoms with Crippen LogP contribution < -0.4 is 0 Å². The van der Waals surface area contributed by atoms with E-state index >= 15 is 0 Å². The summed E-state index contributed by atoms with van der Waals surface area (Å²) in [6.07, 6.45) is 4.19. The molecule has 1 aromatic rings. The van der Waals surface area contributed by atoms with Crippen LogP contribution in [-0.4, -0.2) is 34.4 Å². The van der Waals surface area contributed by atoms with E-state index in [0.29, 0.717) is 0 Å². The van der Waals surface area contributed by atoms with Gasteiger partial charge < -0.3 is 9.63 Å². The molecule has 0 saturated heterocycles. The molecule has 2 rings (SSSR count). The summed E-state index contributed by atoms with van der Waals surface area (Å²) >= 11 is 0. The van der Waals surface area contributed by atoms with Crippen molar-refractivity contribution in [1.82, 2.24) is 10.1 Å². The Labute approximate surface area is 103 Å². The molecule has 2 unspecified atom stereocenters. The van der Waals surface area contributed by atoms with Gasteiger partial charge in [-0.15, -0.1) is 0 Å². The second-order valence-corrected chi connectivity index (χ2v) is 5.14. The van der Waals surface area contributed by atoms with Crippen molar-refractivity contribution in [2.24, 2.45) is 0 Å². The number of likely N-dealkylation sites (N-methyl/N-ethyl adjacent to an activating group) is 1. The molecule has 0 radical (unpaired) electrons. The summed E-state index contributed by atoms with van der Waals surface area (Å²) in [5.41, 5.74) is 2.12. The highest BCUT2D eigenvalue weighted by Crippen LogP contribution is 2.24. The van der Waals surface area contributed by atoms with E-state index in [2.05, 4.69) is 17.1 Å². The maximum absolute atomic E-state index is 10.0. The van der Waals surface area contributed by atoms with Crippen molar-refractivity contribution in [1.29, 1.82) is 0 Å². The maximum Gasteiger partial charge on any atom is 0.138 e. The quantitative estimate of drug-likeness (QED) is 0.875. The van der Waals surface area contributed by atoms with Crippen molar-refractivity contribution in [2.45, 2.75) is 58.2 Å². The molecule has 1 N–H and O–H groups in total. The van der Waals surface area contributed by atoms with E-state index < -0.39 is 0 Å². The van der Waals surface area contributed by atoms with E-state index in [-0.39, 0.29) is 12.1 Å². The van der Waals surface area contributed by atoms with E-state index in [9.17, 15) is 5.11 Å². The molecule has 4 heteroatoms. The first kappa shape index (κ1) is 12.6. The van der Waals surface area contributed by atoms with E-state index in [0.717, 1.165) is 42.8 Å². The minimum atomic E-state index is -0.186. The summed E-state index contributed by atoms with van der Waals surface area (Å²) in [5, 5.41) is 14.0. The summed E-state index contributed by atoms with van der Waals surface area (Å²) in [6, 6.07) is 0.275. The summed E-state index contributed by atoms with van der Waals surface area (Å²) in [5.74, 6) is 0.889. The molecular formula is C13H22N2O2. The first-order valence-corrected chi connectivity index (χ1v) is 6.39. The lowest BCUT2D eigenvalue weighted by atomic mass is 9.91. The number of hydrogen-bond donors (Lipinski definition) is 1. The number of aryl methyl sites for hydroxylation is 2. The molecule has 2 atom stereocenters. The Morgan fingerprint density at radius 2 is 2.06 bits per heavy atom. The van der Waals surface area contributed by atoms with Crippen LogP contribution in [0.5, 0.6) is 0 Å². The maximum atomic E-state index is 10.0. The monoisotopic (exact) mass is 238 g/mol. The molecule has 1 aliphatic rings. The molecule has 0 aromatic carbocycles. The second-order valence-electron chi connectivity index (χ2n) is 5.14. The van der Waals surface area contributed by atoms with Gasteiger partial charge in [0.25, 0.3) is 0 Å². The van der Waals surface area contributed by atoms with Gasteiger partial charge in [-0.25, -0.2) is 0 Å². The van der Waals surface area contributed by atoms with Gasteiger partial charge in [0.05, 0.1) is 11.8 Å². The fraction of sp³-hybridized carbons (Fsp3) is 0.769. The smallest absolute Gasteiger partial charge is 0.138 e. The van der Waals surface area contributed by atoms with Crippen LogP contribution in [0.25, 0.3) is 0 Å². The van der Waals surface area contributed by atoms with Gasteiger partial charge in [0.2, 0.25) is 0 Å². The lowest BCUT2D eigenvalue weighted by Gasteiger charge is -2.35. The van der Waals surface area contributed by atoms with E-state index in [1.807, 2.05) is 13.8 Å². The third-order valence-electron chi connectivity index (χ3n) is 3.85. The average molecular weight is 238 g/mol. The van der Waals surface area contributed by atoms with Crippen molar-refractivity contribution < 1.29 is 9.63 Å². The zero-order valence-electron chi connectivity index (χ0n) is 10.9. The molecule has 1 aromatic heterocycles. The van der Waals surface area contributed by atoms with Crippen LogP contribution in [0.4, 0.5) is 0 Å². The van der Waals surface area contributed by atoms with Crippen LogP contribution in [0.2, 0.25) is 0 Å². The Morgan fingerprint density at radius 3 is 2.65 bits per heavy atom. The van der Waals surface area contributed by atoms with Crippen molar-refractivity contribution in [3.63, 3.8) is 0 Å². The largest absolute Gasteiger partial charge is 0.391 e. The normalized spacial score (nSPS) is 25.5. The molecular weight excluding hydrogens is 216 g/mol. The molecule has 96 valence electrons. The summed E-state index contributed by atoms with van der Waals surface area (Å²) < 4.78 is 5.17. The second kappa shape index (κ2) is 5.19. The molecule has 17 heavy (non-hydrogen) atoms. The van der Waals surface area contributed by atoms with Crippen molar-refractivity contribution in [3.8, 4) is 0 Å². The minimum absolute atomic E-state index is 0.186. The van der Waals surface area contributed by atoms with Crippen molar-refractivity contribution >= 4 is 0 Å². The fourth-order valence-electron chi connectivity index (χ4n) is 2.70. The molecule has 1 aliphatic carbocycles. The van der Waals surface area contributed by atoms with Crippen LogP contribution in [0.1, 0.15) is 42.7 Å². The first-order chi connectivity index (χ1) is 8.09. The zero-order valence-corrected chi connectivity index (χ0v) is 10.9. The van der Waals surface area contributed by atoms with E-state index in [4.69, 9.17) is 4.52 Å². The average Bonchev–Trinajstić information content (AvgIpc) is 2.61. The summed E-state index contributed by atoms with van der Waals surface area (Å²) in [6.45, 7) is 4.72. The van der Waals surface area contributed by atoms with Gasteiger partial charge >= 0.3 is 0 Å². The number of nitrogens with zero attached hydrogens (tertiary/aromatic N) is 2. The van der Waals surface area contributed by atoms with Gasteiger partial charge in [-0.2, -0.15) is 0 Å². The Balaban J connectivity index is 2.03. The highest BCUT2D eigenvalue weighted by Gasteiger charge is 2.27. The molecule has 1 fully saturated rings. The molecule has 0 aliphatic heterocycles. The van der Waals surface area contributed by atoms with Crippen LogP contribution in [0.3, 0.4) is 0 Å². The number of hydrogen-bond acceptors (Lipinski definition) is 4. The predicted molar refractivity (Wildman–Crippen MR) is 65.7 cm³/mol. The van der Waals surface area contributed by atoms with E-state index in [1.165, 1.54) is 6.42 Å². The number of aliphatic hydroxyl groups is 1. The number of rotatable bonds is 3. The SMILES string of the molecule is Cc1noc(C)c1CN(C)C1CCCCC1O. The Hall–Kier alpha value is -0.870. The predicted octanol–water partition coefficient (Wildman–Crippen LogP) is 2.03. The summed E-state index contributed by atoms with van der Waals surface area (Å²) in [4.78, 5) is 2.23. The highest BCUT2D eigenvalue weighted by atomic mass is 16.5. The number of aromatic nitrogens is 1. The molecule has 0 bridgehead atoms. The van der Waals surface area contributed by atoms with Gasteiger partial charge in [0.15, 0.2) is 0 Å². The molecule has 1 heterocycles. The lowest BCUT2D eigenvalue weighted by molar-refractivity contribution is 0.0286. The molecule has 0 spiro atoms. The Morgan fingerprint density at radius 1 is 1.35 bits per heavy atom. The lowest BCUT2D eigenvalue weighted by Crippen LogP contribution is -2.43. The fourth-order valence-corrected chi connectivity index (χ4v) is 2.70. The zero-order chi connectivity index (χ0) is 12.4. The number of aliphatic hydroxyl groups excluding tert-OH is 1. The third-order valence-corrected chi connectivity index (χ3v) is 3.85. The summed E-state index contributed by atoms with van der Waals surface area (Å²) in [7, 11) is 2.07. The van der Waals surface area contributed by atoms with Crippen LogP contribution >= 0.6 is 0 Å². The van der Waals surface area contributed by atoms with Crippen LogP contribution in [-0.2, 0) is 6.54 Å². The Kier molecular flexibility index (Phi) is 3.84. The van der Waals surface area contributed by atoms with E-state index in [1.54, 1.807) is 0 Å². The van der Waals surface area contributed by atoms with Crippen LogP contribution in [0.15, 0.2) is 4.52 Å². The topological polar surface area (TPSA) is 49.5 Å². The standard InChI is InChI=1S/C13H22N2O2/c1-9-11(10(2)17-14-9)8-15(3)12-6-4-5-7-13(12)16/h12-13,16H,4-8H2,1-3H3. The third kappa shape index (κ3) is 2.69. The van der Waals surface area contributed by atoms with Gasteiger partial charge in [-0.3, -0.25) is 4.90 Å². The Bertz CT molecular complexity index is 356. The minimum Gasteiger partial charge on any atom is -0.391 e. The van der Waals surface area contributed by atoms with Gasteiger partial charge in [0, 0.05) is 18.2 Å². The highest BCUT2D eigenvalue weighted by molar-refractivity contribution is 5.20. The van der Waals surface area contributed by atoms with Gasteiger partial charge in [-0.1, -0.05) is 18.0 Å². The molecule has 1 saturated carbocycles. The molecule has 0 amide bonds. The van der Waals surface area contributed by atoms with Crippen LogP contribution in [0, 0.1) is 13.8 Å². The van der Waals surface area contributed by atoms with Gasteiger partial charge in [0.1, 0.15) is 5.76 Å². The van der Waals surface area contributed by atoms with Gasteiger partial charge in [-0.05, 0) is 33.7 Å². The first-order valence-electron chi connectivity index (χ1n) is 6.39.